The molecule has 1 aliphatic carbocycles. The fraction of sp³-hybridized carbons (Fsp3) is 0.474. The van der Waals surface area contributed by atoms with Crippen LogP contribution in [0.2, 0.25) is 0 Å². The largest absolute Gasteiger partial charge is 0.497 e. The molecule has 6 heteroatoms. The zero-order valence-electron chi connectivity index (χ0n) is 14.4. The van der Waals surface area contributed by atoms with E-state index >= 15 is 0 Å². The Kier molecular flexibility index (Phi) is 4.77. The van der Waals surface area contributed by atoms with E-state index in [1.54, 1.807) is 13.4 Å². The Bertz CT molecular complexity index is 718. The summed E-state index contributed by atoms with van der Waals surface area (Å²) in [6.07, 6.45) is 8.57. The molecular formula is C19H23ClN4O. The highest BCUT2D eigenvalue weighted by atomic mass is 35.5. The van der Waals surface area contributed by atoms with Crippen molar-refractivity contribution in [1.29, 1.82) is 0 Å². The van der Waals surface area contributed by atoms with Crippen molar-refractivity contribution in [3.8, 4) is 5.75 Å². The highest BCUT2D eigenvalue weighted by Crippen LogP contribution is 2.36. The lowest BCUT2D eigenvalue weighted by atomic mass is 10.1. The van der Waals surface area contributed by atoms with Crippen molar-refractivity contribution >= 4 is 17.4 Å². The van der Waals surface area contributed by atoms with E-state index in [9.17, 15) is 0 Å². The minimum absolute atomic E-state index is 0.187. The SMILES string of the molecule is COc1ccc(CN2c3ncncc3CN(C3CCCC3)C2Cl)cc1. The molecule has 1 fully saturated rings. The maximum Gasteiger partial charge on any atom is 0.162 e. The number of hydrogen-bond donors (Lipinski definition) is 0. The van der Waals surface area contributed by atoms with Crippen molar-refractivity contribution < 1.29 is 4.74 Å². The molecule has 0 N–H and O–H groups in total. The Morgan fingerprint density at radius 3 is 2.68 bits per heavy atom. The van der Waals surface area contributed by atoms with Crippen molar-refractivity contribution in [3.63, 3.8) is 0 Å². The number of rotatable bonds is 4. The number of alkyl halides is 1. The van der Waals surface area contributed by atoms with E-state index in [1.165, 1.54) is 31.2 Å². The van der Waals surface area contributed by atoms with Gasteiger partial charge in [0.15, 0.2) is 5.62 Å². The van der Waals surface area contributed by atoms with Gasteiger partial charge in [-0.1, -0.05) is 36.6 Å². The van der Waals surface area contributed by atoms with Gasteiger partial charge in [-0.3, -0.25) is 4.90 Å². The molecule has 0 saturated heterocycles. The van der Waals surface area contributed by atoms with Crippen LogP contribution >= 0.6 is 11.6 Å². The van der Waals surface area contributed by atoms with Crippen LogP contribution < -0.4 is 9.64 Å². The maximum atomic E-state index is 6.93. The maximum absolute atomic E-state index is 6.93. The Labute approximate surface area is 153 Å². The first kappa shape index (κ1) is 16.6. The van der Waals surface area contributed by atoms with Crippen molar-refractivity contribution in [3.05, 3.63) is 47.9 Å². The van der Waals surface area contributed by atoms with E-state index < -0.39 is 0 Å². The lowest BCUT2D eigenvalue weighted by Gasteiger charge is -2.44. The summed E-state index contributed by atoms with van der Waals surface area (Å²) in [5, 5.41) is 0. The summed E-state index contributed by atoms with van der Waals surface area (Å²) >= 11 is 6.93. The van der Waals surface area contributed by atoms with Crippen LogP contribution in [0.3, 0.4) is 0 Å². The van der Waals surface area contributed by atoms with Crippen LogP contribution in [0.5, 0.6) is 5.75 Å². The molecule has 2 aliphatic rings. The highest BCUT2D eigenvalue weighted by Gasteiger charge is 2.37. The second-order valence-electron chi connectivity index (χ2n) is 6.77. The average Bonchev–Trinajstić information content (AvgIpc) is 3.19. The monoisotopic (exact) mass is 358 g/mol. The molecule has 4 rings (SSSR count). The van der Waals surface area contributed by atoms with Gasteiger partial charge < -0.3 is 9.64 Å². The minimum Gasteiger partial charge on any atom is -0.497 e. The number of anilines is 1. The molecule has 1 saturated carbocycles. The zero-order valence-corrected chi connectivity index (χ0v) is 15.2. The molecule has 1 aromatic heterocycles. The van der Waals surface area contributed by atoms with Gasteiger partial charge in [0.2, 0.25) is 0 Å². The molecule has 132 valence electrons. The topological polar surface area (TPSA) is 41.5 Å². The molecule has 25 heavy (non-hydrogen) atoms. The van der Waals surface area contributed by atoms with Gasteiger partial charge in [-0.2, -0.15) is 0 Å². The number of ether oxygens (including phenoxy) is 1. The number of nitrogens with zero attached hydrogens (tertiary/aromatic N) is 4. The summed E-state index contributed by atoms with van der Waals surface area (Å²) in [7, 11) is 1.68. The molecule has 1 atom stereocenters. The standard InChI is InChI=1S/C19H23ClN4O/c1-25-17-8-6-14(7-9-17)11-24-18-15(10-21-13-22-18)12-23(19(24)20)16-4-2-3-5-16/h6-10,13,16,19H,2-5,11-12H2,1H3. The second kappa shape index (κ2) is 7.18. The first-order valence-corrected chi connectivity index (χ1v) is 9.28. The van der Waals surface area contributed by atoms with Crippen LogP contribution in [0, 0.1) is 0 Å². The summed E-state index contributed by atoms with van der Waals surface area (Å²) in [5.74, 6) is 1.81. The van der Waals surface area contributed by atoms with Gasteiger partial charge in [0, 0.05) is 30.9 Å². The predicted octanol–water partition coefficient (Wildman–Crippen LogP) is 3.77. The van der Waals surface area contributed by atoms with Crippen molar-refractivity contribution in [1.82, 2.24) is 14.9 Å². The minimum atomic E-state index is -0.187. The molecule has 0 radical (unpaired) electrons. The molecule has 1 aliphatic heterocycles. The van der Waals surface area contributed by atoms with Crippen LogP contribution in [-0.4, -0.2) is 33.6 Å². The molecule has 2 heterocycles. The molecule has 2 aromatic rings. The van der Waals surface area contributed by atoms with E-state index in [4.69, 9.17) is 16.3 Å². The molecule has 5 nitrogen and oxygen atoms in total. The van der Waals surface area contributed by atoms with Crippen molar-refractivity contribution in [2.75, 3.05) is 12.0 Å². The Morgan fingerprint density at radius 2 is 1.96 bits per heavy atom. The lowest BCUT2D eigenvalue weighted by Crippen LogP contribution is -2.52. The fourth-order valence-electron chi connectivity index (χ4n) is 3.89. The van der Waals surface area contributed by atoms with Crippen LogP contribution in [0.25, 0.3) is 0 Å². The molecule has 1 aromatic carbocycles. The first-order chi connectivity index (χ1) is 12.3. The van der Waals surface area contributed by atoms with Crippen LogP contribution in [0.4, 0.5) is 5.82 Å². The number of halogens is 1. The van der Waals surface area contributed by atoms with Gasteiger partial charge >= 0.3 is 0 Å². The molecule has 0 amide bonds. The predicted molar refractivity (Wildman–Crippen MR) is 98.6 cm³/mol. The van der Waals surface area contributed by atoms with E-state index in [0.29, 0.717) is 12.6 Å². The molecule has 1 unspecified atom stereocenters. The van der Waals surface area contributed by atoms with Crippen molar-refractivity contribution in [2.45, 2.75) is 50.4 Å². The summed E-state index contributed by atoms with van der Waals surface area (Å²) in [6, 6.07) is 8.68. The van der Waals surface area contributed by atoms with Crippen LogP contribution in [0.1, 0.15) is 36.8 Å². The quantitative estimate of drug-likeness (QED) is 0.614. The van der Waals surface area contributed by atoms with Crippen LogP contribution in [-0.2, 0) is 13.1 Å². The third kappa shape index (κ3) is 3.31. The molecular weight excluding hydrogens is 336 g/mol. The van der Waals surface area contributed by atoms with Gasteiger partial charge in [0.25, 0.3) is 0 Å². The average molecular weight is 359 g/mol. The number of aromatic nitrogens is 2. The molecule has 0 spiro atoms. The summed E-state index contributed by atoms with van der Waals surface area (Å²) in [4.78, 5) is 13.3. The van der Waals surface area contributed by atoms with E-state index in [0.717, 1.165) is 23.7 Å². The third-order valence-electron chi connectivity index (χ3n) is 5.23. The number of methoxy groups -OCH3 is 1. The van der Waals surface area contributed by atoms with E-state index in [-0.39, 0.29) is 5.62 Å². The summed E-state index contributed by atoms with van der Waals surface area (Å²) < 4.78 is 5.25. The Hall–Kier alpha value is -1.85. The van der Waals surface area contributed by atoms with Crippen molar-refractivity contribution in [2.24, 2.45) is 0 Å². The smallest absolute Gasteiger partial charge is 0.162 e. The highest BCUT2D eigenvalue weighted by molar-refractivity contribution is 6.21. The lowest BCUT2D eigenvalue weighted by molar-refractivity contribution is 0.154. The summed E-state index contributed by atoms with van der Waals surface area (Å²) in [5.41, 5.74) is 2.15. The Morgan fingerprint density at radius 1 is 1.20 bits per heavy atom. The van der Waals surface area contributed by atoms with E-state index in [2.05, 4.69) is 31.9 Å². The fourth-order valence-corrected chi connectivity index (χ4v) is 4.28. The number of fused-ring (bicyclic) bond motifs is 1. The van der Waals surface area contributed by atoms with Gasteiger partial charge in [0.1, 0.15) is 17.9 Å². The normalized spacial score (nSPS) is 21.4. The van der Waals surface area contributed by atoms with Gasteiger partial charge in [-0.15, -0.1) is 0 Å². The third-order valence-corrected chi connectivity index (χ3v) is 5.71. The first-order valence-electron chi connectivity index (χ1n) is 8.84. The number of benzene rings is 1. The number of hydrogen-bond acceptors (Lipinski definition) is 5. The Balaban J connectivity index is 1.63. The van der Waals surface area contributed by atoms with E-state index in [1.807, 2.05) is 18.3 Å². The van der Waals surface area contributed by atoms with Crippen LogP contribution in [0.15, 0.2) is 36.8 Å². The van der Waals surface area contributed by atoms with Gasteiger partial charge in [-0.05, 0) is 30.5 Å². The van der Waals surface area contributed by atoms with Gasteiger partial charge in [-0.25, -0.2) is 9.97 Å². The van der Waals surface area contributed by atoms with Gasteiger partial charge in [0.05, 0.1) is 7.11 Å². The zero-order chi connectivity index (χ0) is 17.2. The summed E-state index contributed by atoms with van der Waals surface area (Å²) in [6.45, 7) is 1.54. The second-order valence-corrected chi connectivity index (χ2v) is 7.16. The molecule has 0 bridgehead atoms.